The Morgan fingerprint density at radius 1 is 0.240 bits per heavy atom. The van der Waals surface area contributed by atoms with E-state index in [0.29, 0.717) is 215 Å². The molecule has 15 amide bonds. The van der Waals surface area contributed by atoms with Gasteiger partial charge in [-0.3, -0.25) is 130 Å². The second-order valence-electron chi connectivity index (χ2n) is 31.2. The summed E-state index contributed by atoms with van der Waals surface area (Å²) < 4.78 is 77.7. The van der Waals surface area contributed by atoms with Crippen LogP contribution in [0.2, 0.25) is 0 Å². The first-order chi connectivity index (χ1) is 68.3. The number of unbranched alkanes of at least 4 members (excludes halogenated alkanes) is 1. The molecule has 860 valence electrons. The standard InChI is InChI=1S/2C27H42N2O11.C18H28N2O6.3C8H11NO3.8CH4/c2*1-36-16-5-9-26(34)39-19-22(20-40-27(35)10-6-17-37-2)38-18-4-8-21(30)7-3-14-28-23(31)13-15-29-24(32)11-12-25(29)33;1-15(21)5-4-11-25-13-14-26-12-9-19-16(22)6-2-3-10-20-17(23)7-8-18(20)24;3*1-2-12-6-5-9-7(10)3-4-8(9)11;;;;;;;;/h2*11-12,22H,3-10,13-20H2,1-2H3,(H,28,31);7-8H,2-6,9-14H2,1H3,(H,19,22);3*3-4H,2,5-6H2,1H3;8*1H4. The molecule has 0 aromatic carbocycles. The summed E-state index contributed by atoms with van der Waals surface area (Å²) in [7, 11) is 6.18. The Labute approximate surface area is 887 Å². The van der Waals surface area contributed by atoms with Crippen LogP contribution in [0.1, 0.15) is 235 Å². The van der Waals surface area contributed by atoms with Crippen molar-refractivity contribution in [2.45, 2.75) is 247 Å². The number of Topliss-reactive ketones (excluding diaryl/α,β-unsaturated/α-hetero) is 3. The highest BCUT2D eigenvalue weighted by Gasteiger charge is 2.29. The molecule has 0 radical (unpaired) electrons. The molecule has 46 heteroatoms. The maximum Gasteiger partial charge on any atom is 0.305 e. The van der Waals surface area contributed by atoms with Crippen LogP contribution in [0.3, 0.4) is 0 Å². The molecule has 6 heterocycles. The monoisotopic (exact) mass is 2140 g/mol. The van der Waals surface area contributed by atoms with Crippen molar-refractivity contribution in [2.24, 2.45) is 0 Å². The van der Waals surface area contributed by atoms with E-state index < -0.39 is 59.7 Å². The van der Waals surface area contributed by atoms with Crippen molar-refractivity contribution in [1.82, 2.24) is 45.3 Å². The summed E-state index contributed by atoms with van der Waals surface area (Å²) >= 11 is 0. The van der Waals surface area contributed by atoms with E-state index in [9.17, 15) is 105 Å². The molecule has 0 saturated carbocycles. The van der Waals surface area contributed by atoms with Gasteiger partial charge >= 0.3 is 23.9 Å². The zero-order valence-electron chi connectivity index (χ0n) is 83.1. The van der Waals surface area contributed by atoms with Crippen LogP contribution in [0.25, 0.3) is 0 Å². The number of rotatable bonds is 75. The number of carbonyl (C=O) groups excluding carboxylic acids is 22. The van der Waals surface area contributed by atoms with Gasteiger partial charge in [0, 0.05) is 284 Å². The SMILES string of the molecule is C.C.C.C.C.C.C.C.CC(=O)CCCOCCOCCNC(=O)CCCCN1C(=O)C=CC1=O.CCOCCN1C(=O)C=CC1=O.CCOCCN1C(=O)C=CC1=O.CCOCCN1C(=O)C=CC1=O.COCCCC(=O)OCC(COC(=O)CCCOC)OCCCC(=O)CCCNC(=O)CCN1C(=O)C=CC1=O.COCCCC(=O)OCC(COC(=O)CCCOC)OCCCC(=O)CCCNC(=O)CCN1C(=O)C=CC1=O. The average Bonchev–Trinajstić information content (AvgIpc) is 1.77. The molecule has 0 atom stereocenters. The molecule has 0 aromatic rings. The maximum absolute atomic E-state index is 12.2. The first-order valence-electron chi connectivity index (χ1n) is 47.5. The van der Waals surface area contributed by atoms with Crippen molar-refractivity contribution in [2.75, 3.05) is 219 Å². The summed E-state index contributed by atoms with van der Waals surface area (Å²) in [6, 6.07) is 0. The number of ketones is 3. The first kappa shape index (κ1) is 153. The Balaban J connectivity index is -0.000000283. The van der Waals surface area contributed by atoms with Crippen molar-refractivity contribution in [1.29, 1.82) is 0 Å². The Kier molecular flexibility index (Phi) is 101. The molecule has 3 N–H and O–H groups in total. The lowest BCUT2D eigenvalue weighted by atomic mass is 10.1. The summed E-state index contributed by atoms with van der Waals surface area (Å²) in [6.45, 7) is 16.3. The second kappa shape index (κ2) is 99.1. The number of carbonyl (C=O) groups is 22. The van der Waals surface area contributed by atoms with E-state index in [1.807, 2.05) is 20.8 Å². The summed E-state index contributed by atoms with van der Waals surface area (Å²) in [4.78, 5) is 259. The van der Waals surface area contributed by atoms with Gasteiger partial charge in [0.05, 0.1) is 59.3 Å². The molecule has 0 bridgehead atoms. The van der Waals surface area contributed by atoms with Gasteiger partial charge in [-0.2, -0.15) is 0 Å². The molecule has 6 aliphatic heterocycles. The molecule has 150 heavy (non-hydrogen) atoms. The van der Waals surface area contributed by atoms with Crippen LogP contribution < -0.4 is 16.0 Å². The molecule has 46 nitrogen and oxygen atoms in total. The van der Waals surface area contributed by atoms with Crippen molar-refractivity contribution in [3.63, 3.8) is 0 Å². The lowest BCUT2D eigenvalue weighted by molar-refractivity contribution is -0.157. The topological polar surface area (TPSA) is 570 Å². The lowest BCUT2D eigenvalue weighted by Crippen LogP contribution is -2.35. The molecule has 0 saturated heterocycles. The van der Waals surface area contributed by atoms with Gasteiger partial charge in [0.2, 0.25) is 17.7 Å². The molecule has 6 rings (SSSR count). The molecule has 6 aliphatic rings. The summed E-state index contributed by atoms with van der Waals surface area (Å²) in [5, 5.41) is 8.09. The molecule has 0 aromatic heterocycles. The van der Waals surface area contributed by atoms with Crippen LogP contribution >= 0.6 is 0 Å². The highest BCUT2D eigenvalue weighted by molar-refractivity contribution is 6.16. The third-order valence-electron chi connectivity index (χ3n) is 19.8. The minimum absolute atomic E-state index is 0. The Bertz CT molecular complexity index is 3740. The van der Waals surface area contributed by atoms with Gasteiger partial charge in [-0.05, 0) is 98.3 Å². The smallest absolute Gasteiger partial charge is 0.305 e. The molecule has 0 unspecified atom stereocenters. The van der Waals surface area contributed by atoms with Crippen molar-refractivity contribution >= 4 is 130 Å². The number of ether oxygens (including phenoxy) is 15. The van der Waals surface area contributed by atoms with E-state index in [0.717, 1.165) is 55.2 Å². The van der Waals surface area contributed by atoms with Crippen LogP contribution in [-0.4, -0.2) is 391 Å². The minimum atomic E-state index is -0.662. The summed E-state index contributed by atoms with van der Waals surface area (Å²) in [5.74, 6) is -5.98. The zero-order chi connectivity index (χ0) is 105. The number of imide groups is 6. The molecule has 0 aliphatic carbocycles. The first-order valence-corrected chi connectivity index (χ1v) is 47.5. The number of amides is 15. The number of esters is 4. The molecule has 0 spiro atoms. The van der Waals surface area contributed by atoms with Gasteiger partial charge < -0.3 is 91.8 Å². The molecular weight excluding hydrogens is 1970 g/mol. The Morgan fingerprint density at radius 3 is 0.753 bits per heavy atom. The van der Waals surface area contributed by atoms with Crippen molar-refractivity contribution < 1.29 is 177 Å². The summed E-state index contributed by atoms with van der Waals surface area (Å²) in [6.07, 6.45) is 22.0. The number of methoxy groups -OCH3 is 4. The lowest BCUT2D eigenvalue weighted by Gasteiger charge is -2.18. The Hall–Kier alpha value is -11.9. The van der Waals surface area contributed by atoms with E-state index in [-0.39, 0.29) is 259 Å². The van der Waals surface area contributed by atoms with E-state index >= 15 is 0 Å². The van der Waals surface area contributed by atoms with Crippen LogP contribution in [0.4, 0.5) is 0 Å². The van der Waals surface area contributed by atoms with E-state index in [2.05, 4.69) is 16.0 Å². The van der Waals surface area contributed by atoms with Crippen LogP contribution in [0.15, 0.2) is 72.9 Å². The Morgan fingerprint density at radius 2 is 0.480 bits per heavy atom. The third-order valence-corrected chi connectivity index (χ3v) is 19.8. The van der Waals surface area contributed by atoms with Gasteiger partial charge in [0.15, 0.2) is 0 Å². The van der Waals surface area contributed by atoms with Crippen molar-refractivity contribution in [3.8, 4) is 0 Å². The predicted octanol–water partition coefficient (Wildman–Crippen LogP) is 7.28. The highest BCUT2D eigenvalue weighted by Crippen LogP contribution is 2.14. The number of hydrogen-bond acceptors (Lipinski definition) is 37. The van der Waals surface area contributed by atoms with Crippen molar-refractivity contribution in [3.05, 3.63) is 72.9 Å². The van der Waals surface area contributed by atoms with Crippen LogP contribution in [-0.2, 0) is 177 Å². The molecule has 0 fully saturated rings. The predicted molar refractivity (Wildman–Crippen MR) is 557 cm³/mol. The highest BCUT2D eigenvalue weighted by atomic mass is 16.6. The fourth-order valence-corrected chi connectivity index (χ4v) is 12.1. The van der Waals surface area contributed by atoms with Gasteiger partial charge in [0.1, 0.15) is 56.0 Å². The number of nitrogens with one attached hydrogen (secondary N) is 3. The largest absolute Gasteiger partial charge is 0.463 e. The minimum Gasteiger partial charge on any atom is -0.463 e. The molecular formula is C104H177N9O37. The summed E-state index contributed by atoms with van der Waals surface area (Å²) in [5.41, 5.74) is 0. The van der Waals surface area contributed by atoms with Crippen LogP contribution in [0, 0.1) is 0 Å². The fraction of sp³-hybridized carbons (Fsp3) is 0.673. The van der Waals surface area contributed by atoms with Crippen LogP contribution in [0.5, 0.6) is 0 Å². The van der Waals surface area contributed by atoms with E-state index in [1.165, 1.54) is 53.5 Å². The van der Waals surface area contributed by atoms with Gasteiger partial charge in [-0.25, -0.2) is 0 Å². The van der Waals surface area contributed by atoms with Gasteiger partial charge in [-0.15, -0.1) is 0 Å². The zero-order valence-corrected chi connectivity index (χ0v) is 83.1. The maximum atomic E-state index is 12.2. The quantitative estimate of drug-likeness (QED) is 0.0233. The van der Waals surface area contributed by atoms with E-state index in [4.69, 9.17) is 71.1 Å². The van der Waals surface area contributed by atoms with Gasteiger partial charge in [0.25, 0.3) is 70.9 Å². The van der Waals surface area contributed by atoms with E-state index in [1.54, 1.807) is 35.4 Å². The third kappa shape index (κ3) is 77.5. The number of nitrogens with zero attached hydrogens (tertiary/aromatic N) is 6. The second-order valence-corrected chi connectivity index (χ2v) is 31.2. The number of hydrogen-bond donors (Lipinski definition) is 3. The fourth-order valence-electron chi connectivity index (χ4n) is 12.1. The average molecular weight is 2150 g/mol. The normalized spacial score (nSPS) is 13.0. The van der Waals surface area contributed by atoms with Gasteiger partial charge in [-0.1, -0.05) is 59.4 Å².